The first-order valence-electron chi connectivity index (χ1n) is 8.10. The average molecular weight is 363 g/mol. The number of H-pyrrole nitrogens is 1. The van der Waals surface area contributed by atoms with Gasteiger partial charge in [-0.25, -0.2) is 9.97 Å². The lowest BCUT2D eigenvalue weighted by Gasteiger charge is -2.05. The summed E-state index contributed by atoms with van der Waals surface area (Å²) in [5.41, 5.74) is 4.29. The summed E-state index contributed by atoms with van der Waals surface area (Å²) in [7, 11) is 0. The number of amides is 1. The van der Waals surface area contributed by atoms with Crippen molar-refractivity contribution in [1.29, 1.82) is 0 Å². The van der Waals surface area contributed by atoms with Gasteiger partial charge >= 0.3 is 0 Å². The van der Waals surface area contributed by atoms with Gasteiger partial charge in [0, 0.05) is 16.9 Å². The van der Waals surface area contributed by atoms with E-state index in [-0.39, 0.29) is 5.91 Å². The van der Waals surface area contributed by atoms with Gasteiger partial charge < -0.3 is 10.3 Å². The summed E-state index contributed by atoms with van der Waals surface area (Å²) in [4.78, 5) is 24.4. The van der Waals surface area contributed by atoms with Crippen LogP contribution in [-0.2, 0) is 0 Å². The van der Waals surface area contributed by atoms with Crippen molar-refractivity contribution < 1.29 is 4.79 Å². The first-order chi connectivity index (χ1) is 12.6. The topological polar surface area (TPSA) is 70.7 Å². The SMILES string of the molecule is Cc1cccc(C(=O)Nc2ccc3nc(-c4ccccc4Cl)[nH]c3c2)n1. The molecule has 0 atom stereocenters. The number of aromatic amines is 1. The minimum Gasteiger partial charge on any atom is -0.338 e. The zero-order valence-electron chi connectivity index (χ0n) is 14.0. The summed E-state index contributed by atoms with van der Waals surface area (Å²) < 4.78 is 0. The van der Waals surface area contributed by atoms with Gasteiger partial charge in [-0.05, 0) is 49.4 Å². The number of nitrogens with zero attached hydrogens (tertiary/aromatic N) is 2. The molecule has 2 aromatic carbocycles. The zero-order chi connectivity index (χ0) is 18.1. The van der Waals surface area contributed by atoms with Crippen LogP contribution in [0.3, 0.4) is 0 Å². The number of aromatic nitrogens is 3. The minimum absolute atomic E-state index is 0.251. The van der Waals surface area contributed by atoms with Crippen molar-refractivity contribution in [2.24, 2.45) is 0 Å². The van der Waals surface area contributed by atoms with Crippen LogP contribution in [0.25, 0.3) is 22.4 Å². The van der Waals surface area contributed by atoms with Crippen LogP contribution in [-0.4, -0.2) is 20.9 Å². The number of hydrogen-bond acceptors (Lipinski definition) is 3. The molecule has 0 aliphatic heterocycles. The molecule has 4 aromatic rings. The molecule has 6 heteroatoms. The third-order valence-corrected chi connectivity index (χ3v) is 4.32. The Morgan fingerprint density at radius 2 is 1.88 bits per heavy atom. The summed E-state index contributed by atoms with van der Waals surface area (Å²) >= 11 is 6.24. The van der Waals surface area contributed by atoms with E-state index in [1.54, 1.807) is 6.07 Å². The largest absolute Gasteiger partial charge is 0.338 e. The second kappa shape index (κ2) is 6.61. The van der Waals surface area contributed by atoms with Gasteiger partial charge in [0.25, 0.3) is 5.91 Å². The van der Waals surface area contributed by atoms with Crippen molar-refractivity contribution in [2.75, 3.05) is 5.32 Å². The molecule has 4 rings (SSSR count). The normalized spacial score (nSPS) is 10.8. The maximum Gasteiger partial charge on any atom is 0.274 e. The number of nitrogens with one attached hydrogen (secondary N) is 2. The Bertz CT molecular complexity index is 1120. The molecular formula is C20H15ClN4O. The van der Waals surface area contributed by atoms with Crippen molar-refractivity contribution in [1.82, 2.24) is 15.0 Å². The Morgan fingerprint density at radius 3 is 2.69 bits per heavy atom. The summed E-state index contributed by atoms with van der Waals surface area (Å²) in [5.74, 6) is 0.438. The van der Waals surface area contributed by atoms with Gasteiger partial charge in [-0.1, -0.05) is 29.8 Å². The zero-order valence-corrected chi connectivity index (χ0v) is 14.7. The van der Waals surface area contributed by atoms with Gasteiger partial charge in [-0.3, -0.25) is 4.79 Å². The molecule has 0 radical (unpaired) electrons. The van der Waals surface area contributed by atoms with Crippen molar-refractivity contribution >= 4 is 34.2 Å². The molecule has 0 spiro atoms. The maximum absolute atomic E-state index is 12.4. The molecule has 0 unspecified atom stereocenters. The number of pyridine rings is 1. The number of imidazole rings is 1. The predicted molar refractivity (Wildman–Crippen MR) is 103 cm³/mol. The van der Waals surface area contributed by atoms with Crippen LogP contribution in [0.1, 0.15) is 16.2 Å². The minimum atomic E-state index is -0.251. The lowest BCUT2D eigenvalue weighted by molar-refractivity contribution is 0.102. The number of hydrogen-bond donors (Lipinski definition) is 2. The summed E-state index contributed by atoms with van der Waals surface area (Å²) in [5, 5.41) is 3.49. The van der Waals surface area contributed by atoms with Gasteiger partial charge in [0.15, 0.2) is 0 Å². The average Bonchev–Trinajstić information content (AvgIpc) is 3.05. The number of fused-ring (bicyclic) bond motifs is 1. The van der Waals surface area contributed by atoms with E-state index in [1.807, 2.05) is 61.5 Å². The van der Waals surface area contributed by atoms with E-state index >= 15 is 0 Å². The number of aryl methyl sites for hydroxylation is 1. The third kappa shape index (κ3) is 3.17. The van der Waals surface area contributed by atoms with E-state index in [4.69, 9.17) is 11.6 Å². The molecule has 5 nitrogen and oxygen atoms in total. The second-order valence-electron chi connectivity index (χ2n) is 5.92. The molecule has 2 heterocycles. The van der Waals surface area contributed by atoms with E-state index in [0.717, 1.165) is 22.3 Å². The lowest BCUT2D eigenvalue weighted by Crippen LogP contribution is -2.13. The van der Waals surface area contributed by atoms with E-state index < -0.39 is 0 Å². The Hall–Kier alpha value is -3.18. The molecule has 26 heavy (non-hydrogen) atoms. The highest BCUT2D eigenvalue weighted by atomic mass is 35.5. The number of carbonyl (C=O) groups is 1. The first kappa shape index (κ1) is 16.3. The fourth-order valence-corrected chi connectivity index (χ4v) is 2.96. The number of rotatable bonds is 3. The molecule has 0 saturated carbocycles. The highest BCUT2D eigenvalue weighted by Crippen LogP contribution is 2.28. The van der Waals surface area contributed by atoms with Crippen molar-refractivity contribution in [3.8, 4) is 11.4 Å². The smallest absolute Gasteiger partial charge is 0.274 e. The van der Waals surface area contributed by atoms with E-state index in [1.165, 1.54) is 0 Å². The third-order valence-electron chi connectivity index (χ3n) is 3.99. The summed E-state index contributed by atoms with van der Waals surface area (Å²) in [6.07, 6.45) is 0. The molecule has 128 valence electrons. The number of benzene rings is 2. The lowest BCUT2D eigenvalue weighted by atomic mass is 10.2. The molecule has 0 aliphatic rings. The number of halogens is 1. The maximum atomic E-state index is 12.4. The standard InChI is InChI=1S/C20H15ClN4O/c1-12-5-4-8-17(22-12)20(26)23-13-9-10-16-18(11-13)25-19(24-16)14-6-2-3-7-15(14)21/h2-11H,1H3,(H,23,26)(H,24,25). The van der Waals surface area contributed by atoms with Gasteiger partial charge in [0.05, 0.1) is 16.1 Å². The van der Waals surface area contributed by atoms with Crippen LogP contribution >= 0.6 is 11.6 Å². The molecular weight excluding hydrogens is 348 g/mol. The van der Waals surface area contributed by atoms with Gasteiger partial charge in [-0.15, -0.1) is 0 Å². The van der Waals surface area contributed by atoms with Gasteiger partial charge in [0.1, 0.15) is 11.5 Å². The van der Waals surface area contributed by atoms with Crippen LogP contribution < -0.4 is 5.32 Å². The van der Waals surface area contributed by atoms with Gasteiger partial charge in [-0.2, -0.15) is 0 Å². The molecule has 0 saturated heterocycles. The van der Waals surface area contributed by atoms with E-state index in [0.29, 0.717) is 22.2 Å². The fraction of sp³-hybridized carbons (Fsp3) is 0.0500. The Kier molecular flexibility index (Phi) is 4.14. The van der Waals surface area contributed by atoms with E-state index in [2.05, 4.69) is 20.3 Å². The Morgan fingerprint density at radius 1 is 1.04 bits per heavy atom. The Balaban J connectivity index is 1.64. The summed E-state index contributed by atoms with van der Waals surface area (Å²) in [6, 6.07) is 18.4. The molecule has 0 bridgehead atoms. The van der Waals surface area contributed by atoms with E-state index in [9.17, 15) is 4.79 Å². The fourth-order valence-electron chi connectivity index (χ4n) is 2.73. The number of anilines is 1. The second-order valence-corrected chi connectivity index (χ2v) is 6.32. The quantitative estimate of drug-likeness (QED) is 0.548. The highest BCUT2D eigenvalue weighted by Gasteiger charge is 2.11. The van der Waals surface area contributed by atoms with Crippen LogP contribution in [0.15, 0.2) is 60.7 Å². The molecule has 0 fully saturated rings. The van der Waals surface area contributed by atoms with Crippen LogP contribution in [0.2, 0.25) is 5.02 Å². The highest BCUT2D eigenvalue weighted by molar-refractivity contribution is 6.33. The van der Waals surface area contributed by atoms with Crippen LogP contribution in [0.4, 0.5) is 5.69 Å². The molecule has 0 aliphatic carbocycles. The van der Waals surface area contributed by atoms with Crippen LogP contribution in [0.5, 0.6) is 0 Å². The number of carbonyl (C=O) groups excluding carboxylic acids is 1. The van der Waals surface area contributed by atoms with Crippen molar-refractivity contribution in [2.45, 2.75) is 6.92 Å². The predicted octanol–water partition coefficient (Wildman–Crippen LogP) is 4.84. The van der Waals surface area contributed by atoms with Crippen LogP contribution in [0, 0.1) is 6.92 Å². The molecule has 2 N–H and O–H groups in total. The summed E-state index contributed by atoms with van der Waals surface area (Å²) in [6.45, 7) is 1.85. The Labute approximate surface area is 155 Å². The van der Waals surface area contributed by atoms with Crippen molar-refractivity contribution in [3.63, 3.8) is 0 Å². The monoisotopic (exact) mass is 362 g/mol. The van der Waals surface area contributed by atoms with Crippen molar-refractivity contribution in [3.05, 3.63) is 77.1 Å². The molecule has 1 amide bonds. The molecule has 2 aromatic heterocycles. The van der Waals surface area contributed by atoms with Gasteiger partial charge in [0.2, 0.25) is 0 Å². The first-order valence-corrected chi connectivity index (χ1v) is 8.47.